The summed E-state index contributed by atoms with van der Waals surface area (Å²) >= 11 is 8.33. The van der Waals surface area contributed by atoms with Gasteiger partial charge in [-0.05, 0) is 18.6 Å². The lowest BCUT2D eigenvalue weighted by molar-refractivity contribution is 0.313. The molecule has 0 aliphatic rings. The fourth-order valence-corrected chi connectivity index (χ4v) is 0.478. The maximum Gasteiger partial charge on any atom is 0.216 e. The average Bonchev–Trinajstić information content (AvgIpc) is 1.66. The van der Waals surface area contributed by atoms with Gasteiger partial charge in [-0.15, -0.1) is 0 Å². The highest BCUT2D eigenvalue weighted by atomic mass is 32.1. The molecule has 0 heterocycles. The molecule has 0 aromatic carbocycles. The number of thiol groups is 1. The SMILES string of the molecule is CCCCOC(=S)S.O. The van der Waals surface area contributed by atoms with E-state index < -0.39 is 0 Å². The van der Waals surface area contributed by atoms with E-state index in [1.165, 1.54) is 0 Å². The van der Waals surface area contributed by atoms with Crippen LogP contribution in [-0.2, 0) is 4.74 Å². The van der Waals surface area contributed by atoms with Crippen LogP contribution in [-0.4, -0.2) is 16.5 Å². The molecule has 0 saturated heterocycles. The second kappa shape index (κ2) is 8.20. The van der Waals surface area contributed by atoms with E-state index in [9.17, 15) is 0 Å². The highest BCUT2D eigenvalue weighted by molar-refractivity contribution is 8.10. The largest absolute Gasteiger partial charge is 0.479 e. The molecule has 0 unspecified atom stereocenters. The lowest BCUT2D eigenvalue weighted by Crippen LogP contribution is -1.94. The minimum atomic E-state index is 0. The molecule has 0 bridgehead atoms. The zero-order valence-corrected chi connectivity index (χ0v) is 7.10. The Labute approximate surface area is 66.3 Å². The van der Waals surface area contributed by atoms with E-state index in [0.717, 1.165) is 12.8 Å². The number of unbranched alkanes of at least 4 members (excludes halogenated alkanes) is 1. The Hall–Kier alpha value is 0.200. The van der Waals surface area contributed by atoms with Crippen molar-refractivity contribution in [3.63, 3.8) is 0 Å². The number of hydrogen-bond acceptors (Lipinski definition) is 2. The fraction of sp³-hybridized carbons (Fsp3) is 0.800. The lowest BCUT2D eigenvalue weighted by atomic mass is 10.4. The third kappa shape index (κ3) is 11.7. The minimum absolute atomic E-state index is 0. The second-order valence-corrected chi connectivity index (χ2v) is 2.55. The maximum atomic E-state index is 4.88. The predicted octanol–water partition coefficient (Wildman–Crippen LogP) is 1.19. The zero-order chi connectivity index (χ0) is 6.41. The summed E-state index contributed by atoms with van der Waals surface area (Å²) in [5, 5.41) is 0. The van der Waals surface area contributed by atoms with E-state index in [4.69, 9.17) is 4.74 Å². The van der Waals surface area contributed by atoms with Crippen LogP contribution in [0.1, 0.15) is 19.8 Å². The van der Waals surface area contributed by atoms with E-state index in [1.807, 2.05) is 0 Å². The zero-order valence-electron chi connectivity index (χ0n) is 5.39. The molecule has 0 aliphatic carbocycles. The summed E-state index contributed by atoms with van der Waals surface area (Å²) < 4.78 is 5.22. The Morgan fingerprint density at radius 1 is 1.67 bits per heavy atom. The molecule has 9 heavy (non-hydrogen) atoms. The van der Waals surface area contributed by atoms with Gasteiger partial charge in [-0.3, -0.25) is 0 Å². The van der Waals surface area contributed by atoms with Crippen molar-refractivity contribution in [3.05, 3.63) is 0 Å². The molecule has 0 rings (SSSR count). The van der Waals surface area contributed by atoms with Crippen molar-refractivity contribution in [2.75, 3.05) is 6.61 Å². The second-order valence-electron chi connectivity index (χ2n) is 1.47. The van der Waals surface area contributed by atoms with Crippen molar-refractivity contribution >= 4 is 29.2 Å². The van der Waals surface area contributed by atoms with Crippen LogP contribution in [0.5, 0.6) is 0 Å². The molecule has 0 aromatic rings. The van der Waals surface area contributed by atoms with Crippen LogP contribution in [0.2, 0.25) is 0 Å². The van der Waals surface area contributed by atoms with E-state index in [0.29, 0.717) is 11.0 Å². The first-order valence-corrected chi connectivity index (χ1v) is 3.48. The highest BCUT2D eigenvalue weighted by Crippen LogP contribution is 1.91. The highest BCUT2D eigenvalue weighted by Gasteiger charge is 1.85. The van der Waals surface area contributed by atoms with Gasteiger partial charge in [0.15, 0.2) is 0 Å². The van der Waals surface area contributed by atoms with Crippen LogP contribution in [0.4, 0.5) is 0 Å². The van der Waals surface area contributed by atoms with Gasteiger partial charge < -0.3 is 10.2 Å². The summed E-state index contributed by atoms with van der Waals surface area (Å²) in [7, 11) is 0. The van der Waals surface area contributed by atoms with Gasteiger partial charge in [0.1, 0.15) is 0 Å². The normalized spacial score (nSPS) is 7.78. The van der Waals surface area contributed by atoms with Crippen molar-refractivity contribution in [3.8, 4) is 0 Å². The van der Waals surface area contributed by atoms with Gasteiger partial charge in [-0.2, -0.15) is 0 Å². The first kappa shape index (κ1) is 11.9. The third-order valence-electron chi connectivity index (χ3n) is 0.723. The van der Waals surface area contributed by atoms with E-state index in [1.54, 1.807) is 0 Å². The van der Waals surface area contributed by atoms with Crippen LogP contribution in [0.15, 0.2) is 0 Å². The van der Waals surface area contributed by atoms with Crippen molar-refractivity contribution in [1.29, 1.82) is 0 Å². The Bertz CT molecular complexity index is 75.4. The third-order valence-corrected chi connectivity index (χ3v) is 0.970. The Kier molecular flexibility index (Phi) is 10.9. The van der Waals surface area contributed by atoms with E-state index in [2.05, 4.69) is 31.8 Å². The molecule has 4 heteroatoms. The Morgan fingerprint density at radius 3 is 2.56 bits per heavy atom. The summed E-state index contributed by atoms with van der Waals surface area (Å²) in [6.45, 7) is 2.81. The van der Waals surface area contributed by atoms with Crippen LogP contribution in [0, 0.1) is 0 Å². The molecule has 0 saturated carbocycles. The quantitative estimate of drug-likeness (QED) is 0.391. The van der Waals surface area contributed by atoms with E-state index >= 15 is 0 Å². The molecule has 0 amide bonds. The molecule has 2 nitrogen and oxygen atoms in total. The summed E-state index contributed by atoms with van der Waals surface area (Å²) in [6.07, 6.45) is 2.19. The van der Waals surface area contributed by atoms with E-state index in [-0.39, 0.29) is 5.48 Å². The van der Waals surface area contributed by atoms with Crippen LogP contribution >= 0.6 is 24.8 Å². The van der Waals surface area contributed by atoms with Gasteiger partial charge in [0.2, 0.25) is 4.38 Å². The Balaban J connectivity index is 0. The summed E-state index contributed by atoms with van der Waals surface area (Å²) in [4.78, 5) is 0. The van der Waals surface area contributed by atoms with Crippen molar-refractivity contribution in [2.24, 2.45) is 0 Å². The van der Waals surface area contributed by atoms with Gasteiger partial charge in [0.25, 0.3) is 0 Å². The van der Waals surface area contributed by atoms with Gasteiger partial charge in [-0.25, -0.2) is 0 Å². The van der Waals surface area contributed by atoms with Gasteiger partial charge in [-0.1, -0.05) is 26.0 Å². The monoisotopic (exact) mass is 168 g/mol. The Morgan fingerprint density at radius 2 is 2.22 bits per heavy atom. The molecular formula is C5H12O2S2. The molecule has 0 radical (unpaired) electrons. The van der Waals surface area contributed by atoms with Gasteiger partial charge in [0, 0.05) is 0 Å². The van der Waals surface area contributed by atoms with Crippen LogP contribution in [0.25, 0.3) is 0 Å². The molecule has 0 spiro atoms. The van der Waals surface area contributed by atoms with Crippen molar-refractivity contribution < 1.29 is 10.2 Å². The molecule has 0 atom stereocenters. The molecule has 0 aliphatic heterocycles. The minimum Gasteiger partial charge on any atom is -0.479 e. The molecule has 2 N–H and O–H groups in total. The molecule has 0 aromatic heterocycles. The summed E-state index contributed by atoms with van der Waals surface area (Å²) in [6, 6.07) is 0. The summed E-state index contributed by atoms with van der Waals surface area (Å²) in [5.41, 5.74) is 0. The average molecular weight is 168 g/mol. The van der Waals surface area contributed by atoms with Crippen LogP contribution in [0.3, 0.4) is 0 Å². The maximum absolute atomic E-state index is 4.88. The topological polar surface area (TPSA) is 40.7 Å². The van der Waals surface area contributed by atoms with Crippen molar-refractivity contribution in [1.82, 2.24) is 0 Å². The molecular weight excluding hydrogens is 156 g/mol. The standard InChI is InChI=1S/C5H10OS2.H2O/c1-2-3-4-6-5(7)8;/h2-4H2,1H3,(H,7,8);1H2. The number of hydrogen-bond donors (Lipinski definition) is 1. The molecule has 56 valence electrons. The lowest BCUT2D eigenvalue weighted by Gasteiger charge is -1.98. The number of ether oxygens (including phenoxy) is 1. The smallest absolute Gasteiger partial charge is 0.216 e. The first-order chi connectivity index (χ1) is 3.77. The fourth-order valence-electron chi connectivity index (χ4n) is 0.304. The number of rotatable bonds is 3. The van der Waals surface area contributed by atoms with Crippen molar-refractivity contribution in [2.45, 2.75) is 19.8 Å². The van der Waals surface area contributed by atoms with Gasteiger partial charge >= 0.3 is 0 Å². The first-order valence-electron chi connectivity index (χ1n) is 2.63. The number of thiocarbonyl (C=S) groups is 1. The van der Waals surface area contributed by atoms with Crippen LogP contribution < -0.4 is 0 Å². The molecule has 0 fully saturated rings. The summed E-state index contributed by atoms with van der Waals surface area (Å²) in [5.74, 6) is 0. The van der Waals surface area contributed by atoms with Gasteiger partial charge in [0.05, 0.1) is 6.61 Å². The predicted molar refractivity (Wildman–Crippen MR) is 46.1 cm³/mol.